The minimum atomic E-state index is 0.0888. The van der Waals surface area contributed by atoms with Gasteiger partial charge in [-0.2, -0.15) is 0 Å². The molecule has 20 heavy (non-hydrogen) atoms. The van der Waals surface area contributed by atoms with E-state index in [-0.39, 0.29) is 5.91 Å². The van der Waals surface area contributed by atoms with Crippen molar-refractivity contribution in [2.24, 2.45) is 10.7 Å². The zero-order chi connectivity index (χ0) is 14.5. The van der Waals surface area contributed by atoms with Gasteiger partial charge in [0.2, 0.25) is 5.91 Å². The second-order valence-electron chi connectivity index (χ2n) is 4.95. The maximum absolute atomic E-state index is 12.7. The molecule has 0 fully saturated rings. The van der Waals surface area contributed by atoms with Gasteiger partial charge in [-0.3, -0.25) is 4.79 Å². The standard InChI is InChI=1S/C15H21N3OS/c1-3-5-18(6-4-2)15(19)11-7-12-9-20-10-13(12)17-14(16)8-11/h7,9-10H,3-6,8H2,1-2H3,(H2,16,17). The lowest BCUT2D eigenvalue weighted by Gasteiger charge is -2.22. The van der Waals surface area contributed by atoms with E-state index in [0.717, 1.165) is 42.8 Å². The topological polar surface area (TPSA) is 58.7 Å². The zero-order valence-corrected chi connectivity index (χ0v) is 12.9. The van der Waals surface area contributed by atoms with Gasteiger partial charge < -0.3 is 10.6 Å². The molecular formula is C15H21N3OS. The fourth-order valence-corrected chi connectivity index (χ4v) is 3.04. The van der Waals surface area contributed by atoms with Crippen LogP contribution in [-0.4, -0.2) is 29.7 Å². The number of hydrogen-bond acceptors (Lipinski definition) is 4. The van der Waals surface area contributed by atoms with Crippen molar-refractivity contribution in [2.45, 2.75) is 33.1 Å². The first-order valence-corrected chi connectivity index (χ1v) is 7.99. The van der Waals surface area contributed by atoms with E-state index < -0.39 is 0 Å². The van der Waals surface area contributed by atoms with Gasteiger partial charge in [-0.1, -0.05) is 13.8 Å². The lowest BCUT2D eigenvalue weighted by Crippen LogP contribution is -2.34. The second-order valence-corrected chi connectivity index (χ2v) is 5.70. The van der Waals surface area contributed by atoms with Crippen LogP contribution in [0.4, 0.5) is 5.69 Å². The number of carbonyl (C=O) groups is 1. The predicted octanol–water partition coefficient (Wildman–Crippen LogP) is 3.17. The minimum absolute atomic E-state index is 0.0888. The lowest BCUT2D eigenvalue weighted by molar-refractivity contribution is -0.127. The summed E-state index contributed by atoms with van der Waals surface area (Å²) in [5.41, 5.74) is 8.53. The van der Waals surface area contributed by atoms with E-state index in [1.165, 1.54) is 0 Å². The summed E-state index contributed by atoms with van der Waals surface area (Å²) in [6.45, 7) is 5.75. The molecule has 1 amide bonds. The molecule has 108 valence electrons. The van der Waals surface area contributed by atoms with Crippen molar-refractivity contribution >= 4 is 34.8 Å². The fraction of sp³-hybridized carbons (Fsp3) is 0.467. The molecule has 0 bridgehead atoms. The third-order valence-electron chi connectivity index (χ3n) is 3.18. The highest BCUT2D eigenvalue weighted by atomic mass is 32.1. The quantitative estimate of drug-likeness (QED) is 0.905. The summed E-state index contributed by atoms with van der Waals surface area (Å²) < 4.78 is 0. The van der Waals surface area contributed by atoms with Crippen molar-refractivity contribution < 1.29 is 4.79 Å². The van der Waals surface area contributed by atoms with Crippen LogP contribution in [0.25, 0.3) is 6.08 Å². The maximum atomic E-state index is 12.7. The highest BCUT2D eigenvalue weighted by molar-refractivity contribution is 7.08. The molecular weight excluding hydrogens is 270 g/mol. The number of carbonyl (C=O) groups excluding carboxylic acids is 1. The Morgan fingerprint density at radius 2 is 2.05 bits per heavy atom. The van der Waals surface area contributed by atoms with E-state index >= 15 is 0 Å². The average molecular weight is 291 g/mol. The van der Waals surface area contributed by atoms with Crippen molar-refractivity contribution in [2.75, 3.05) is 13.1 Å². The van der Waals surface area contributed by atoms with Gasteiger partial charge >= 0.3 is 0 Å². The SMILES string of the molecule is CCCN(CCC)C(=O)C1=Cc2cscc2N=C(N)C1. The smallest absolute Gasteiger partial charge is 0.250 e. The van der Waals surface area contributed by atoms with Crippen LogP contribution in [-0.2, 0) is 4.79 Å². The summed E-state index contributed by atoms with van der Waals surface area (Å²) in [5.74, 6) is 0.598. The van der Waals surface area contributed by atoms with Gasteiger partial charge in [-0.25, -0.2) is 4.99 Å². The van der Waals surface area contributed by atoms with Gasteiger partial charge in [0.1, 0.15) is 5.84 Å². The molecule has 0 aromatic carbocycles. The van der Waals surface area contributed by atoms with E-state index in [4.69, 9.17) is 5.73 Å². The monoisotopic (exact) mass is 291 g/mol. The number of nitrogens with zero attached hydrogens (tertiary/aromatic N) is 2. The molecule has 1 aromatic heterocycles. The largest absolute Gasteiger partial charge is 0.387 e. The van der Waals surface area contributed by atoms with Gasteiger partial charge in [0.25, 0.3) is 0 Å². The molecule has 0 atom stereocenters. The van der Waals surface area contributed by atoms with Crippen LogP contribution in [0, 0.1) is 0 Å². The molecule has 1 aliphatic heterocycles. The Kier molecular flexibility index (Phi) is 4.95. The summed E-state index contributed by atoms with van der Waals surface area (Å²) >= 11 is 1.58. The predicted molar refractivity (Wildman–Crippen MR) is 85.4 cm³/mol. The number of amidine groups is 1. The van der Waals surface area contributed by atoms with Crippen LogP contribution in [0.1, 0.15) is 38.7 Å². The van der Waals surface area contributed by atoms with E-state index in [1.54, 1.807) is 11.3 Å². The number of rotatable bonds is 5. The average Bonchev–Trinajstić information content (AvgIpc) is 2.77. The van der Waals surface area contributed by atoms with Gasteiger partial charge in [0, 0.05) is 41.4 Å². The van der Waals surface area contributed by atoms with Crippen molar-refractivity contribution in [3.63, 3.8) is 0 Å². The van der Waals surface area contributed by atoms with Crippen molar-refractivity contribution in [3.8, 4) is 0 Å². The second kappa shape index (κ2) is 6.70. The molecule has 2 rings (SSSR count). The molecule has 1 aromatic rings. The number of fused-ring (bicyclic) bond motifs is 1. The molecule has 0 saturated heterocycles. The first kappa shape index (κ1) is 14.8. The van der Waals surface area contributed by atoms with E-state index in [1.807, 2.05) is 21.7 Å². The van der Waals surface area contributed by atoms with Crippen LogP contribution in [0.3, 0.4) is 0 Å². The van der Waals surface area contributed by atoms with Crippen LogP contribution >= 0.6 is 11.3 Å². The normalized spacial score (nSPS) is 14.1. The third kappa shape index (κ3) is 3.28. The summed E-state index contributed by atoms with van der Waals surface area (Å²) in [6.07, 6.45) is 4.30. The zero-order valence-electron chi connectivity index (χ0n) is 12.1. The summed E-state index contributed by atoms with van der Waals surface area (Å²) in [6, 6.07) is 0. The van der Waals surface area contributed by atoms with Crippen molar-refractivity contribution in [3.05, 3.63) is 21.9 Å². The Morgan fingerprint density at radius 3 is 2.70 bits per heavy atom. The highest BCUT2D eigenvalue weighted by Crippen LogP contribution is 2.30. The van der Waals surface area contributed by atoms with Gasteiger partial charge in [0.15, 0.2) is 0 Å². The molecule has 0 unspecified atom stereocenters. The number of nitrogens with two attached hydrogens (primary N) is 1. The number of amides is 1. The molecule has 0 aliphatic carbocycles. The Hall–Kier alpha value is -1.62. The van der Waals surface area contributed by atoms with E-state index in [0.29, 0.717) is 12.3 Å². The Bertz CT molecular complexity index is 539. The summed E-state index contributed by atoms with van der Waals surface area (Å²) in [5, 5.41) is 3.97. The molecule has 0 spiro atoms. The first-order chi connectivity index (χ1) is 9.65. The molecule has 1 aliphatic rings. The van der Waals surface area contributed by atoms with Gasteiger partial charge in [-0.15, -0.1) is 11.3 Å². The minimum Gasteiger partial charge on any atom is -0.387 e. The van der Waals surface area contributed by atoms with Crippen LogP contribution in [0.15, 0.2) is 21.3 Å². The maximum Gasteiger partial charge on any atom is 0.250 e. The van der Waals surface area contributed by atoms with Crippen LogP contribution < -0.4 is 5.73 Å². The Labute approximate surface area is 124 Å². The molecule has 4 nitrogen and oxygen atoms in total. The van der Waals surface area contributed by atoms with Gasteiger partial charge in [-0.05, 0) is 18.9 Å². The Morgan fingerprint density at radius 1 is 1.35 bits per heavy atom. The van der Waals surface area contributed by atoms with E-state index in [9.17, 15) is 4.79 Å². The highest BCUT2D eigenvalue weighted by Gasteiger charge is 2.20. The molecule has 2 N–H and O–H groups in total. The third-order valence-corrected chi connectivity index (χ3v) is 3.93. The van der Waals surface area contributed by atoms with Gasteiger partial charge in [0.05, 0.1) is 5.69 Å². The Balaban J connectivity index is 2.27. The summed E-state index contributed by atoms with van der Waals surface area (Å²) in [4.78, 5) is 18.9. The van der Waals surface area contributed by atoms with Crippen molar-refractivity contribution in [1.29, 1.82) is 0 Å². The first-order valence-electron chi connectivity index (χ1n) is 7.04. The molecule has 0 radical (unpaired) electrons. The fourth-order valence-electron chi connectivity index (χ4n) is 2.32. The van der Waals surface area contributed by atoms with Crippen molar-refractivity contribution in [1.82, 2.24) is 4.90 Å². The lowest BCUT2D eigenvalue weighted by atomic mass is 10.1. The number of thiophene rings is 1. The number of aliphatic imine (C=N–C) groups is 1. The number of hydrogen-bond donors (Lipinski definition) is 1. The van der Waals surface area contributed by atoms with Crippen LogP contribution in [0.2, 0.25) is 0 Å². The van der Waals surface area contributed by atoms with Crippen LogP contribution in [0.5, 0.6) is 0 Å². The molecule has 0 saturated carbocycles. The molecule has 5 heteroatoms. The summed E-state index contributed by atoms with van der Waals surface area (Å²) in [7, 11) is 0. The van der Waals surface area contributed by atoms with E-state index in [2.05, 4.69) is 18.8 Å². The molecule has 2 heterocycles.